The SMILES string of the molecule is COc1cc(Cl)c(C)cc1-n1ccc(C(=O)O)c1C. The number of benzene rings is 1. The van der Waals surface area contributed by atoms with Crippen LogP contribution in [0, 0.1) is 13.8 Å². The van der Waals surface area contributed by atoms with Crippen molar-refractivity contribution >= 4 is 17.6 Å². The summed E-state index contributed by atoms with van der Waals surface area (Å²) in [6.07, 6.45) is 1.71. The van der Waals surface area contributed by atoms with Crippen molar-refractivity contribution in [3.63, 3.8) is 0 Å². The molecular formula is C14H14ClNO3. The zero-order chi connectivity index (χ0) is 14.2. The third-order valence-electron chi connectivity index (χ3n) is 3.09. The maximum absolute atomic E-state index is 11.1. The molecule has 0 aliphatic carbocycles. The van der Waals surface area contributed by atoms with Gasteiger partial charge in [-0.05, 0) is 31.5 Å². The summed E-state index contributed by atoms with van der Waals surface area (Å²) in [6, 6.07) is 5.17. The Labute approximate surface area is 116 Å². The molecule has 0 atom stereocenters. The standard InChI is InChI=1S/C14H14ClNO3/c1-8-6-12(13(19-3)7-11(8)15)16-5-4-10(9(16)2)14(17)18/h4-7H,1-3H3,(H,17,18). The van der Waals surface area contributed by atoms with Crippen LogP contribution in [0.15, 0.2) is 24.4 Å². The van der Waals surface area contributed by atoms with Gasteiger partial charge < -0.3 is 14.4 Å². The molecule has 0 saturated carbocycles. The number of aryl methyl sites for hydroxylation is 1. The molecule has 1 N–H and O–H groups in total. The predicted molar refractivity (Wildman–Crippen MR) is 73.8 cm³/mol. The minimum atomic E-state index is -0.944. The van der Waals surface area contributed by atoms with Crippen LogP contribution in [-0.4, -0.2) is 22.8 Å². The van der Waals surface area contributed by atoms with E-state index in [1.165, 1.54) is 0 Å². The fourth-order valence-electron chi connectivity index (χ4n) is 2.00. The topological polar surface area (TPSA) is 51.5 Å². The number of ether oxygens (including phenoxy) is 1. The second kappa shape index (κ2) is 4.97. The van der Waals surface area contributed by atoms with Crippen LogP contribution >= 0.6 is 11.6 Å². The first-order valence-corrected chi connectivity index (χ1v) is 6.09. The molecule has 4 nitrogen and oxygen atoms in total. The number of nitrogens with zero attached hydrogens (tertiary/aromatic N) is 1. The van der Waals surface area contributed by atoms with E-state index in [9.17, 15) is 4.79 Å². The minimum Gasteiger partial charge on any atom is -0.495 e. The van der Waals surface area contributed by atoms with Gasteiger partial charge in [0.1, 0.15) is 5.75 Å². The summed E-state index contributed by atoms with van der Waals surface area (Å²) < 4.78 is 7.09. The van der Waals surface area contributed by atoms with Gasteiger partial charge in [0.15, 0.2) is 0 Å². The highest BCUT2D eigenvalue weighted by Crippen LogP contribution is 2.31. The minimum absolute atomic E-state index is 0.273. The highest BCUT2D eigenvalue weighted by atomic mass is 35.5. The second-order valence-corrected chi connectivity index (χ2v) is 4.67. The van der Waals surface area contributed by atoms with Crippen LogP contribution in [0.3, 0.4) is 0 Å². The number of carboxylic acids is 1. The Morgan fingerprint density at radius 1 is 1.37 bits per heavy atom. The third kappa shape index (κ3) is 2.31. The molecule has 0 saturated heterocycles. The number of carboxylic acid groups (broad SMARTS) is 1. The molecule has 0 bridgehead atoms. The molecule has 19 heavy (non-hydrogen) atoms. The van der Waals surface area contributed by atoms with Crippen molar-refractivity contribution < 1.29 is 14.6 Å². The quantitative estimate of drug-likeness (QED) is 0.936. The van der Waals surface area contributed by atoms with E-state index < -0.39 is 5.97 Å². The predicted octanol–water partition coefficient (Wildman–Crippen LogP) is 3.45. The van der Waals surface area contributed by atoms with Crippen LogP contribution in [0.4, 0.5) is 0 Å². The fraction of sp³-hybridized carbons (Fsp3) is 0.214. The van der Waals surface area contributed by atoms with Crippen molar-refractivity contribution in [3.05, 3.63) is 46.2 Å². The molecule has 100 valence electrons. The number of carbonyl (C=O) groups is 1. The van der Waals surface area contributed by atoms with Crippen molar-refractivity contribution in [2.75, 3.05) is 7.11 Å². The first-order chi connectivity index (χ1) is 8.95. The highest BCUT2D eigenvalue weighted by molar-refractivity contribution is 6.31. The lowest BCUT2D eigenvalue weighted by Gasteiger charge is -2.13. The first-order valence-electron chi connectivity index (χ1n) is 5.71. The first kappa shape index (κ1) is 13.5. The third-order valence-corrected chi connectivity index (χ3v) is 3.50. The number of halogens is 1. The lowest BCUT2D eigenvalue weighted by Crippen LogP contribution is -2.03. The normalized spacial score (nSPS) is 10.5. The van der Waals surface area contributed by atoms with E-state index in [0.29, 0.717) is 16.5 Å². The number of hydrogen-bond acceptors (Lipinski definition) is 2. The van der Waals surface area contributed by atoms with Crippen LogP contribution in [0.5, 0.6) is 5.75 Å². The molecule has 0 aliphatic rings. The van der Waals surface area contributed by atoms with Crippen molar-refractivity contribution in [3.8, 4) is 11.4 Å². The number of rotatable bonds is 3. The number of aromatic carboxylic acids is 1. The van der Waals surface area contributed by atoms with Crippen molar-refractivity contribution in [1.29, 1.82) is 0 Å². The average molecular weight is 280 g/mol. The van der Waals surface area contributed by atoms with Crippen molar-refractivity contribution in [1.82, 2.24) is 4.57 Å². The summed E-state index contributed by atoms with van der Waals surface area (Å²) in [5, 5.41) is 9.70. The molecule has 0 spiro atoms. The smallest absolute Gasteiger partial charge is 0.337 e. The zero-order valence-electron chi connectivity index (χ0n) is 10.9. The van der Waals surface area contributed by atoms with E-state index in [2.05, 4.69) is 0 Å². The Hall–Kier alpha value is -1.94. The molecule has 5 heteroatoms. The monoisotopic (exact) mass is 279 g/mol. The summed E-state index contributed by atoms with van der Waals surface area (Å²) in [5.41, 5.74) is 2.60. The van der Waals surface area contributed by atoms with Crippen molar-refractivity contribution in [2.24, 2.45) is 0 Å². The second-order valence-electron chi connectivity index (χ2n) is 4.26. The van der Waals surface area contributed by atoms with Gasteiger partial charge in [0, 0.05) is 23.0 Å². The molecule has 2 aromatic rings. The molecule has 0 radical (unpaired) electrons. The van der Waals surface area contributed by atoms with Gasteiger partial charge >= 0.3 is 5.97 Å². The van der Waals surface area contributed by atoms with E-state index in [4.69, 9.17) is 21.4 Å². The van der Waals surface area contributed by atoms with E-state index in [-0.39, 0.29) is 5.56 Å². The molecule has 2 rings (SSSR count). The van der Waals surface area contributed by atoms with Crippen LogP contribution in [0.1, 0.15) is 21.6 Å². The summed E-state index contributed by atoms with van der Waals surface area (Å²) in [4.78, 5) is 11.1. The van der Waals surface area contributed by atoms with E-state index in [0.717, 1.165) is 11.3 Å². The number of hydrogen-bond donors (Lipinski definition) is 1. The van der Waals surface area contributed by atoms with E-state index >= 15 is 0 Å². The van der Waals surface area contributed by atoms with Gasteiger partial charge in [0.25, 0.3) is 0 Å². The number of methoxy groups -OCH3 is 1. The van der Waals surface area contributed by atoms with Gasteiger partial charge in [-0.15, -0.1) is 0 Å². The van der Waals surface area contributed by atoms with Gasteiger partial charge in [-0.25, -0.2) is 4.79 Å². The Morgan fingerprint density at radius 3 is 2.58 bits per heavy atom. The molecule has 0 aliphatic heterocycles. The van der Waals surface area contributed by atoms with E-state index in [1.54, 1.807) is 36.9 Å². The lowest BCUT2D eigenvalue weighted by atomic mass is 10.2. The highest BCUT2D eigenvalue weighted by Gasteiger charge is 2.15. The van der Waals surface area contributed by atoms with Crippen molar-refractivity contribution in [2.45, 2.75) is 13.8 Å². The number of aromatic nitrogens is 1. The van der Waals surface area contributed by atoms with Crippen LogP contribution < -0.4 is 4.74 Å². The average Bonchev–Trinajstić information content (AvgIpc) is 2.74. The Morgan fingerprint density at radius 2 is 2.05 bits per heavy atom. The van der Waals surface area contributed by atoms with Gasteiger partial charge in [0.05, 0.1) is 18.4 Å². The maximum atomic E-state index is 11.1. The summed E-state index contributed by atoms with van der Waals surface area (Å²) in [5.74, 6) is -0.341. The molecule has 1 heterocycles. The van der Waals surface area contributed by atoms with Gasteiger partial charge in [-0.3, -0.25) is 0 Å². The fourth-order valence-corrected chi connectivity index (χ4v) is 2.15. The van der Waals surface area contributed by atoms with Gasteiger partial charge in [-0.1, -0.05) is 11.6 Å². The van der Waals surface area contributed by atoms with Gasteiger partial charge in [0.2, 0.25) is 0 Å². The summed E-state index contributed by atoms with van der Waals surface area (Å²) in [7, 11) is 1.56. The lowest BCUT2D eigenvalue weighted by molar-refractivity contribution is 0.0696. The summed E-state index contributed by atoms with van der Waals surface area (Å²) in [6.45, 7) is 3.65. The zero-order valence-corrected chi connectivity index (χ0v) is 11.7. The molecular weight excluding hydrogens is 266 g/mol. The molecule has 1 aromatic heterocycles. The van der Waals surface area contributed by atoms with Crippen LogP contribution in [0.2, 0.25) is 5.02 Å². The van der Waals surface area contributed by atoms with Crippen LogP contribution in [0.25, 0.3) is 5.69 Å². The molecule has 0 unspecified atom stereocenters. The Kier molecular flexibility index (Phi) is 3.53. The molecule has 1 aromatic carbocycles. The Bertz CT molecular complexity index is 646. The Balaban J connectivity index is 2.65. The largest absolute Gasteiger partial charge is 0.495 e. The van der Waals surface area contributed by atoms with E-state index in [1.807, 2.05) is 13.0 Å². The van der Waals surface area contributed by atoms with Gasteiger partial charge in [-0.2, -0.15) is 0 Å². The van der Waals surface area contributed by atoms with Crippen LogP contribution in [-0.2, 0) is 0 Å². The summed E-state index contributed by atoms with van der Waals surface area (Å²) >= 11 is 6.06. The molecule has 0 amide bonds. The molecule has 0 fully saturated rings. The maximum Gasteiger partial charge on any atom is 0.337 e.